The lowest BCUT2D eigenvalue weighted by Crippen LogP contribution is -2.29. The fourth-order valence-electron chi connectivity index (χ4n) is 2.39. The zero-order chi connectivity index (χ0) is 20.5. The summed E-state index contributed by atoms with van der Waals surface area (Å²) in [5.41, 5.74) is 2.56. The van der Waals surface area contributed by atoms with Gasteiger partial charge in [0.15, 0.2) is 6.61 Å². The predicted molar refractivity (Wildman–Crippen MR) is 106 cm³/mol. The summed E-state index contributed by atoms with van der Waals surface area (Å²) in [5, 5.41) is 5.36. The normalized spacial score (nSPS) is 10.2. The summed E-state index contributed by atoms with van der Waals surface area (Å²) in [6, 6.07) is 11.8. The highest BCUT2D eigenvalue weighted by Crippen LogP contribution is 2.20. The van der Waals surface area contributed by atoms with Crippen LogP contribution in [-0.4, -0.2) is 18.4 Å². The van der Waals surface area contributed by atoms with E-state index in [9.17, 15) is 14.0 Å². The smallest absolute Gasteiger partial charge is 0.262 e. The Morgan fingerprint density at radius 2 is 1.93 bits per heavy atom. The summed E-state index contributed by atoms with van der Waals surface area (Å²) >= 11 is 5.58. The van der Waals surface area contributed by atoms with E-state index < -0.39 is 11.7 Å². The summed E-state index contributed by atoms with van der Waals surface area (Å²) in [5.74, 6) is -1.01. The predicted octanol–water partition coefficient (Wildman–Crippen LogP) is 3.89. The number of allylic oxidation sites excluding steroid dienone is 1. The van der Waals surface area contributed by atoms with Gasteiger partial charge in [-0.2, -0.15) is 0 Å². The Hall–Kier alpha value is -2.86. The molecule has 0 unspecified atom stereocenters. The molecule has 7 heteroatoms. The van der Waals surface area contributed by atoms with Crippen LogP contribution in [0.5, 0.6) is 5.75 Å². The van der Waals surface area contributed by atoms with Crippen LogP contribution in [0.4, 0.5) is 4.39 Å². The number of nitrogens with one attached hydrogen (secondary N) is 2. The first-order chi connectivity index (χ1) is 13.3. The fourth-order valence-corrected chi connectivity index (χ4v) is 2.50. The second-order valence-electron chi connectivity index (χ2n) is 6.28. The Morgan fingerprint density at radius 1 is 1.14 bits per heavy atom. The van der Waals surface area contributed by atoms with Crippen molar-refractivity contribution in [2.45, 2.75) is 26.3 Å². The lowest BCUT2D eigenvalue weighted by atomic mass is 10.1. The van der Waals surface area contributed by atoms with Crippen LogP contribution in [-0.2, 0) is 16.1 Å². The monoisotopic (exact) mass is 404 g/mol. The summed E-state index contributed by atoms with van der Waals surface area (Å²) in [6.45, 7) is 5.87. The van der Waals surface area contributed by atoms with E-state index in [0.717, 1.165) is 17.2 Å². The van der Waals surface area contributed by atoms with E-state index >= 15 is 0 Å². The molecule has 0 aliphatic rings. The molecule has 0 saturated carbocycles. The molecule has 0 aromatic heterocycles. The molecule has 28 heavy (non-hydrogen) atoms. The van der Waals surface area contributed by atoms with Crippen molar-refractivity contribution in [3.63, 3.8) is 0 Å². The van der Waals surface area contributed by atoms with Gasteiger partial charge in [-0.3, -0.25) is 9.59 Å². The Balaban J connectivity index is 1.66. The SMILES string of the molecule is C=C(CCC(=O)NCc1cccc(C)c1)NC(=O)COc1ccc(Cl)c(F)c1. The second kappa shape index (κ2) is 10.5. The van der Waals surface area contributed by atoms with Gasteiger partial charge in [0.2, 0.25) is 5.91 Å². The molecule has 0 fully saturated rings. The van der Waals surface area contributed by atoms with E-state index in [0.29, 0.717) is 18.7 Å². The molecule has 0 spiro atoms. The third kappa shape index (κ3) is 7.40. The maximum absolute atomic E-state index is 13.3. The molecular formula is C21H22ClFN2O3. The molecule has 0 aliphatic carbocycles. The van der Waals surface area contributed by atoms with Crippen LogP contribution < -0.4 is 15.4 Å². The number of benzene rings is 2. The van der Waals surface area contributed by atoms with Crippen LogP contribution in [0, 0.1) is 12.7 Å². The van der Waals surface area contributed by atoms with Crippen molar-refractivity contribution in [3.05, 3.63) is 76.7 Å². The summed E-state index contributed by atoms with van der Waals surface area (Å²) in [4.78, 5) is 23.8. The molecule has 2 amide bonds. The van der Waals surface area contributed by atoms with E-state index in [2.05, 4.69) is 17.2 Å². The number of hydrogen-bond donors (Lipinski definition) is 2. The van der Waals surface area contributed by atoms with Crippen molar-refractivity contribution in [1.82, 2.24) is 10.6 Å². The molecule has 0 radical (unpaired) electrons. The van der Waals surface area contributed by atoms with E-state index in [1.807, 2.05) is 31.2 Å². The Kier molecular flexibility index (Phi) is 8.02. The van der Waals surface area contributed by atoms with Crippen LogP contribution in [0.25, 0.3) is 0 Å². The van der Waals surface area contributed by atoms with Crippen LogP contribution >= 0.6 is 11.6 Å². The summed E-state index contributed by atoms with van der Waals surface area (Å²) in [6.07, 6.45) is 0.509. The topological polar surface area (TPSA) is 67.4 Å². The van der Waals surface area contributed by atoms with E-state index in [4.69, 9.17) is 16.3 Å². The standard InChI is InChI=1S/C21H22ClFN2O3/c1-14-4-3-5-16(10-14)12-24-20(26)9-6-15(2)25-21(27)13-28-17-7-8-18(22)19(23)11-17/h3-5,7-8,10-11H,2,6,9,12-13H2,1H3,(H,24,26)(H,25,27). The van der Waals surface area contributed by atoms with Crippen molar-refractivity contribution in [2.75, 3.05) is 6.61 Å². The van der Waals surface area contributed by atoms with Crippen LogP contribution in [0.15, 0.2) is 54.7 Å². The Labute approximate surface area is 168 Å². The lowest BCUT2D eigenvalue weighted by Gasteiger charge is -2.10. The highest BCUT2D eigenvalue weighted by molar-refractivity contribution is 6.30. The van der Waals surface area contributed by atoms with E-state index in [1.54, 1.807) is 0 Å². The van der Waals surface area contributed by atoms with Gasteiger partial charge in [-0.25, -0.2) is 4.39 Å². The van der Waals surface area contributed by atoms with Gasteiger partial charge >= 0.3 is 0 Å². The second-order valence-corrected chi connectivity index (χ2v) is 6.69. The highest BCUT2D eigenvalue weighted by atomic mass is 35.5. The minimum Gasteiger partial charge on any atom is -0.484 e. The van der Waals surface area contributed by atoms with Crippen molar-refractivity contribution in [3.8, 4) is 5.75 Å². The zero-order valence-corrected chi connectivity index (χ0v) is 16.3. The number of rotatable bonds is 9. The van der Waals surface area contributed by atoms with Crippen molar-refractivity contribution in [2.24, 2.45) is 0 Å². The molecule has 2 aromatic carbocycles. The van der Waals surface area contributed by atoms with Gasteiger partial charge in [0.25, 0.3) is 5.91 Å². The first-order valence-corrected chi connectivity index (χ1v) is 9.09. The molecule has 2 rings (SSSR count). The lowest BCUT2D eigenvalue weighted by molar-refractivity contribution is -0.123. The molecule has 2 N–H and O–H groups in total. The zero-order valence-electron chi connectivity index (χ0n) is 15.6. The summed E-state index contributed by atoms with van der Waals surface area (Å²) in [7, 11) is 0. The van der Waals surface area contributed by atoms with Gasteiger partial charge in [0, 0.05) is 24.7 Å². The minimum atomic E-state index is -0.624. The third-order valence-electron chi connectivity index (χ3n) is 3.80. The first kappa shape index (κ1) is 21.4. The van der Waals surface area contributed by atoms with Crippen molar-refractivity contribution in [1.29, 1.82) is 0 Å². The number of ether oxygens (including phenoxy) is 1. The average molecular weight is 405 g/mol. The number of carbonyl (C=O) groups excluding carboxylic acids is 2. The van der Waals surface area contributed by atoms with Gasteiger partial charge < -0.3 is 15.4 Å². The molecule has 0 bridgehead atoms. The largest absolute Gasteiger partial charge is 0.484 e. The Bertz CT molecular complexity index is 870. The van der Waals surface area contributed by atoms with Gasteiger partial charge in [0.1, 0.15) is 11.6 Å². The highest BCUT2D eigenvalue weighted by Gasteiger charge is 2.08. The molecule has 2 aromatic rings. The van der Waals surface area contributed by atoms with Gasteiger partial charge in [-0.15, -0.1) is 0 Å². The summed E-state index contributed by atoms with van der Waals surface area (Å²) < 4.78 is 18.5. The number of hydrogen-bond acceptors (Lipinski definition) is 3. The van der Waals surface area contributed by atoms with Crippen molar-refractivity contribution < 1.29 is 18.7 Å². The quantitative estimate of drug-likeness (QED) is 0.666. The van der Waals surface area contributed by atoms with Crippen molar-refractivity contribution >= 4 is 23.4 Å². The molecule has 148 valence electrons. The first-order valence-electron chi connectivity index (χ1n) is 8.71. The Morgan fingerprint density at radius 3 is 2.64 bits per heavy atom. The molecule has 0 heterocycles. The average Bonchev–Trinajstić information content (AvgIpc) is 2.66. The molecular weight excluding hydrogens is 383 g/mol. The molecule has 5 nitrogen and oxygen atoms in total. The van der Waals surface area contributed by atoms with E-state index in [-0.39, 0.29) is 29.7 Å². The van der Waals surface area contributed by atoms with Gasteiger partial charge in [-0.1, -0.05) is 48.0 Å². The van der Waals surface area contributed by atoms with E-state index in [1.165, 1.54) is 12.1 Å². The number of halogens is 2. The molecule has 0 saturated heterocycles. The maximum Gasteiger partial charge on any atom is 0.262 e. The van der Waals surface area contributed by atoms with Crippen LogP contribution in [0.3, 0.4) is 0 Å². The minimum absolute atomic E-state index is 0.0224. The van der Waals surface area contributed by atoms with Crippen LogP contribution in [0.2, 0.25) is 5.02 Å². The number of amides is 2. The fraction of sp³-hybridized carbons (Fsp3) is 0.238. The van der Waals surface area contributed by atoms with Gasteiger partial charge in [-0.05, 0) is 31.0 Å². The van der Waals surface area contributed by atoms with Gasteiger partial charge in [0.05, 0.1) is 5.02 Å². The molecule has 0 atom stereocenters. The third-order valence-corrected chi connectivity index (χ3v) is 4.11. The number of carbonyl (C=O) groups is 2. The molecule has 0 aliphatic heterocycles. The van der Waals surface area contributed by atoms with Crippen LogP contribution in [0.1, 0.15) is 24.0 Å². The maximum atomic E-state index is 13.3. The number of aryl methyl sites for hydroxylation is 1.